The first-order chi connectivity index (χ1) is 8.56. The van der Waals surface area contributed by atoms with E-state index in [1.807, 2.05) is 0 Å². The van der Waals surface area contributed by atoms with Crippen molar-refractivity contribution in [1.82, 2.24) is 5.32 Å². The number of hydrogen-bond acceptors (Lipinski definition) is 3. The zero-order valence-corrected chi connectivity index (χ0v) is 12.3. The van der Waals surface area contributed by atoms with Crippen molar-refractivity contribution < 1.29 is 9.72 Å². The number of carbonyl (C=O) groups is 1. The Morgan fingerprint density at radius 3 is 2.78 bits per heavy atom. The summed E-state index contributed by atoms with van der Waals surface area (Å²) in [6, 6.07) is 4.52. The Morgan fingerprint density at radius 2 is 2.17 bits per heavy atom. The van der Waals surface area contributed by atoms with Gasteiger partial charge in [0.2, 0.25) is 0 Å². The molecule has 0 saturated carbocycles. The number of nitro groups is 1. The van der Waals surface area contributed by atoms with E-state index in [1.54, 1.807) is 19.1 Å². The van der Waals surface area contributed by atoms with Gasteiger partial charge in [-0.15, -0.1) is 0 Å². The number of amides is 1. The highest BCUT2D eigenvalue weighted by atomic mass is 127. The molecule has 0 atom stereocenters. The van der Waals surface area contributed by atoms with E-state index in [0.29, 0.717) is 17.7 Å². The van der Waals surface area contributed by atoms with Crippen molar-refractivity contribution in [2.45, 2.75) is 19.8 Å². The Balaban J connectivity index is 2.68. The fourth-order valence-corrected chi connectivity index (χ4v) is 2.01. The lowest BCUT2D eigenvalue weighted by atomic mass is 10.1. The average Bonchev–Trinajstić information content (AvgIpc) is 2.34. The number of benzene rings is 1. The van der Waals surface area contributed by atoms with Crippen LogP contribution in [0.1, 0.15) is 28.8 Å². The van der Waals surface area contributed by atoms with Crippen molar-refractivity contribution in [3.8, 4) is 0 Å². The molecule has 0 saturated heterocycles. The zero-order valence-electron chi connectivity index (χ0n) is 10.1. The van der Waals surface area contributed by atoms with Gasteiger partial charge in [-0.05, 0) is 30.3 Å². The first kappa shape index (κ1) is 14.9. The van der Waals surface area contributed by atoms with Gasteiger partial charge in [-0.25, -0.2) is 0 Å². The molecule has 0 aliphatic heterocycles. The Hall–Kier alpha value is -1.18. The van der Waals surface area contributed by atoms with E-state index < -0.39 is 4.92 Å². The Morgan fingerprint density at radius 1 is 1.44 bits per heavy atom. The Labute approximate surface area is 119 Å². The Bertz CT molecular complexity index is 449. The molecule has 5 nitrogen and oxygen atoms in total. The maximum absolute atomic E-state index is 11.8. The fraction of sp³-hybridized carbons (Fsp3) is 0.417. The summed E-state index contributed by atoms with van der Waals surface area (Å²) >= 11 is 2.28. The summed E-state index contributed by atoms with van der Waals surface area (Å²) < 4.78 is 1.06. The molecule has 98 valence electrons. The van der Waals surface area contributed by atoms with E-state index >= 15 is 0 Å². The van der Waals surface area contributed by atoms with E-state index in [0.717, 1.165) is 17.3 Å². The molecule has 1 rings (SSSR count). The van der Waals surface area contributed by atoms with Crippen LogP contribution in [0, 0.1) is 17.0 Å². The molecule has 0 radical (unpaired) electrons. The molecule has 1 aromatic rings. The lowest BCUT2D eigenvalue weighted by Gasteiger charge is -2.05. The van der Waals surface area contributed by atoms with Crippen LogP contribution in [-0.4, -0.2) is 21.8 Å². The van der Waals surface area contributed by atoms with Crippen LogP contribution in [0.15, 0.2) is 18.2 Å². The van der Waals surface area contributed by atoms with Crippen molar-refractivity contribution in [1.29, 1.82) is 0 Å². The van der Waals surface area contributed by atoms with Gasteiger partial charge in [0.1, 0.15) is 0 Å². The van der Waals surface area contributed by atoms with Crippen molar-refractivity contribution in [3.63, 3.8) is 0 Å². The highest BCUT2D eigenvalue weighted by Crippen LogP contribution is 2.19. The van der Waals surface area contributed by atoms with Crippen LogP contribution in [0.5, 0.6) is 0 Å². The molecule has 0 bridgehead atoms. The number of alkyl halides is 1. The summed E-state index contributed by atoms with van der Waals surface area (Å²) in [5.41, 5.74) is 0.873. The maximum atomic E-state index is 11.8. The third-order valence-electron chi connectivity index (χ3n) is 2.51. The van der Waals surface area contributed by atoms with Crippen molar-refractivity contribution in [2.24, 2.45) is 0 Å². The molecule has 1 aromatic carbocycles. The second-order valence-corrected chi connectivity index (χ2v) is 4.99. The molecule has 0 heterocycles. The smallest absolute Gasteiger partial charge is 0.273 e. The minimum absolute atomic E-state index is 0.0186. The maximum Gasteiger partial charge on any atom is 0.273 e. The lowest BCUT2D eigenvalue weighted by molar-refractivity contribution is -0.385. The van der Waals surface area contributed by atoms with Gasteiger partial charge in [0.25, 0.3) is 11.6 Å². The monoisotopic (exact) mass is 362 g/mol. The van der Waals surface area contributed by atoms with Gasteiger partial charge in [-0.2, -0.15) is 0 Å². The van der Waals surface area contributed by atoms with Crippen molar-refractivity contribution in [3.05, 3.63) is 39.4 Å². The zero-order chi connectivity index (χ0) is 13.5. The largest absolute Gasteiger partial charge is 0.352 e. The number of halogens is 1. The second-order valence-electron chi connectivity index (χ2n) is 3.91. The molecule has 1 amide bonds. The number of nitrogens with one attached hydrogen (secondary N) is 1. The third kappa shape index (κ3) is 4.25. The standard InChI is InChI=1S/C12H15IN2O3/c1-9-4-5-10(8-11(9)15(17)18)12(16)14-7-3-2-6-13/h4-5,8H,2-3,6-7H2,1H3,(H,14,16). The molecule has 0 spiro atoms. The molecule has 0 unspecified atom stereocenters. The van der Waals surface area contributed by atoms with E-state index in [9.17, 15) is 14.9 Å². The molecule has 0 aliphatic carbocycles. The topological polar surface area (TPSA) is 72.2 Å². The number of nitrogens with zero attached hydrogens (tertiary/aromatic N) is 1. The highest BCUT2D eigenvalue weighted by Gasteiger charge is 2.14. The van der Waals surface area contributed by atoms with Gasteiger partial charge < -0.3 is 5.32 Å². The number of carbonyl (C=O) groups excluding carboxylic acids is 1. The van der Waals surface area contributed by atoms with Gasteiger partial charge in [-0.1, -0.05) is 28.7 Å². The van der Waals surface area contributed by atoms with Crippen LogP contribution in [0.2, 0.25) is 0 Å². The van der Waals surface area contributed by atoms with E-state index in [4.69, 9.17) is 0 Å². The van der Waals surface area contributed by atoms with Crippen LogP contribution in [0.25, 0.3) is 0 Å². The first-order valence-electron chi connectivity index (χ1n) is 5.65. The minimum Gasteiger partial charge on any atom is -0.352 e. The normalized spacial score (nSPS) is 10.1. The van der Waals surface area contributed by atoms with Crippen molar-refractivity contribution >= 4 is 34.2 Å². The SMILES string of the molecule is Cc1ccc(C(=O)NCCCCI)cc1[N+](=O)[O-]. The molecule has 0 aromatic heterocycles. The number of rotatable bonds is 6. The number of hydrogen-bond donors (Lipinski definition) is 1. The third-order valence-corrected chi connectivity index (χ3v) is 3.28. The van der Waals surface area contributed by atoms with E-state index in [2.05, 4.69) is 27.9 Å². The van der Waals surface area contributed by atoms with Crippen LogP contribution in [-0.2, 0) is 0 Å². The van der Waals surface area contributed by atoms with E-state index in [-0.39, 0.29) is 11.6 Å². The van der Waals surface area contributed by atoms with Gasteiger partial charge in [-0.3, -0.25) is 14.9 Å². The van der Waals surface area contributed by atoms with Crippen LogP contribution in [0.3, 0.4) is 0 Å². The van der Waals surface area contributed by atoms with Crippen LogP contribution in [0.4, 0.5) is 5.69 Å². The summed E-state index contributed by atoms with van der Waals surface area (Å²) in [5.74, 6) is -0.258. The lowest BCUT2D eigenvalue weighted by Crippen LogP contribution is -2.24. The predicted octanol–water partition coefficient (Wildman–Crippen LogP) is 2.85. The van der Waals surface area contributed by atoms with Gasteiger partial charge in [0.05, 0.1) is 4.92 Å². The number of nitro benzene ring substituents is 1. The van der Waals surface area contributed by atoms with Crippen molar-refractivity contribution in [2.75, 3.05) is 11.0 Å². The molecule has 0 aliphatic rings. The summed E-state index contributed by atoms with van der Waals surface area (Å²) in [6.07, 6.45) is 1.97. The first-order valence-corrected chi connectivity index (χ1v) is 7.18. The number of unbranched alkanes of at least 4 members (excludes halogenated alkanes) is 1. The molecule has 6 heteroatoms. The molecule has 1 N–H and O–H groups in total. The predicted molar refractivity (Wildman–Crippen MR) is 78.3 cm³/mol. The summed E-state index contributed by atoms with van der Waals surface area (Å²) in [7, 11) is 0. The molecule has 0 fully saturated rings. The number of aryl methyl sites for hydroxylation is 1. The Kier molecular flexibility index (Phi) is 6.03. The highest BCUT2D eigenvalue weighted by molar-refractivity contribution is 14.1. The van der Waals surface area contributed by atoms with Gasteiger partial charge >= 0.3 is 0 Å². The van der Waals surface area contributed by atoms with Gasteiger partial charge in [0, 0.05) is 23.7 Å². The van der Waals surface area contributed by atoms with Crippen LogP contribution < -0.4 is 5.32 Å². The average molecular weight is 362 g/mol. The quantitative estimate of drug-likeness (QED) is 0.278. The summed E-state index contributed by atoms with van der Waals surface area (Å²) in [5, 5.41) is 13.5. The summed E-state index contributed by atoms with van der Waals surface area (Å²) in [6.45, 7) is 2.25. The van der Waals surface area contributed by atoms with Crippen LogP contribution >= 0.6 is 22.6 Å². The molecular formula is C12H15IN2O3. The fourth-order valence-electron chi connectivity index (χ4n) is 1.47. The second kappa shape index (κ2) is 7.30. The van der Waals surface area contributed by atoms with Gasteiger partial charge in [0.15, 0.2) is 0 Å². The molecule has 18 heavy (non-hydrogen) atoms. The minimum atomic E-state index is -0.470. The molecular weight excluding hydrogens is 347 g/mol. The van der Waals surface area contributed by atoms with E-state index in [1.165, 1.54) is 6.07 Å². The summed E-state index contributed by atoms with van der Waals surface area (Å²) in [4.78, 5) is 22.1.